The minimum Gasteiger partial charge on any atom is -0.491 e. The van der Waals surface area contributed by atoms with E-state index in [-0.39, 0.29) is 40.3 Å². The number of nitrogens with one attached hydrogen (secondary N) is 2. The highest BCUT2D eigenvalue weighted by atomic mass is 32.2. The van der Waals surface area contributed by atoms with Crippen LogP contribution in [0.2, 0.25) is 0 Å². The van der Waals surface area contributed by atoms with Crippen LogP contribution in [0.25, 0.3) is 21.9 Å². The van der Waals surface area contributed by atoms with Crippen LogP contribution < -0.4 is 20.3 Å². The molecule has 0 spiro atoms. The van der Waals surface area contributed by atoms with Crippen molar-refractivity contribution >= 4 is 26.7 Å². The van der Waals surface area contributed by atoms with Gasteiger partial charge in [0.25, 0.3) is 0 Å². The lowest BCUT2D eigenvalue weighted by Crippen LogP contribution is -2.42. The van der Waals surface area contributed by atoms with Crippen LogP contribution in [0.15, 0.2) is 53.5 Å². The summed E-state index contributed by atoms with van der Waals surface area (Å²) in [6.07, 6.45) is 3.38. The van der Waals surface area contributed by atoms with Crippen molar-refractivity contribution in [2.24, 2.45) is 5.92 Å². The Morgan fingerprint density at radius 1 is 0.976 bits per heavy atom. The van der Waals surface area contributed by atoms with Crippen LogP contribution in [0.5, 0.6) is 5.75 Å². The zero-order valence-electron chi connectivity index (χ0n) is 26.7. The lowest BCUT2D eigenvalue weighted by atomic mass is 9.99. The van der Waals surface area contributed by atoms with Crippen molar-refractivity contribution in [3.05, 3.63) is 59.0 Å². The topological polar surface area (TPSA) is 119 Å². The molecule has 0 bridgehead atoms. The molecule has 1 aliphatic carbocycles. The predicted octanol–water partition coefficient (Wildman–Crippen LogP) is 5.69. The van der Waals surface area contributed by atoms with Gasteiger partial charge in [0.1, 0.15) is 0 Å². The summed E-state index contributed by atoms with van der Waals surface area (Å²) in [5.41, 5.74) is 1.38. The molecule has 2 aromatic carbocycles. The molecule has 232 valence electrons. The maximum Gasteiger partial charge on any atom is 0.309 e. The van der Waals surface area contributed by atoms with Crippen molar-refractivity contribution in [3.8, 4) is 16.9 Å². The van der Waals surface area contributed by atoms with Crippen LogP contribution in [0.1, 0.15) is 81.2 Å². The molecule has 2 N–H and O–H groups in total. The maximum absolute atomic E-state index is 12.5. The minimum absolute atomic E-state index is 0.0111. The first-order valence-electron chi connectivity index (χ1n) is 14.5. The number of hydrogen-bond acceptors (Lipinski definition) is 6. The standard InChI is InChI=1S/C18H18N2O2.C8H17NO.C6H13NO2S/c1-12(2)20-18(21)17(22-3)16(11-19-20)15-10-6-8-13-7-4-5-9-14(13)15;1-6(2)7(10)9-8(3,4)5;1-5(2)7-10(8,9)6-3-4-6/h4-12H,1-3H3;6H,1-5H3,(H,9,10);5-7H,3-4H2,1-2H3. The lowest BCUT2D eigenvalue weighted by molar-refractivity contribution is -0.125. The van der Waals surface area contributed by atoms with E-state index in [1.54, 1.807) is 6.20 Å². The largest absolute Gasteiger partial charge is 0.491 e. The van der Waals surface area contributed by atoms with E-state index in [1.165, 1.54) is 11.8 Å². The van der Waals surface area contributed by atoms with Gasteiger partial charge in [-0.1, -0.05) is 56.3 Å². The van der Waals surface area contributed by atoms with E-state index >= 15 is 0 Å². The van der Waals surface area contributed by atoms with Gasteiger partial charge in [0.05, 0.1) is 30.2 Å². The number of ether oxygens (including phenoxy) is 1. The van der Waals surface area contributed by atoms with Gasteiger partial charge in [-0.2, -0.15) is 5.10 Å². The molecule has 1 aromatic heterocycles. The monoisotopic (exact) mass is 600 g/mol. The quantitative estimate of drug-likeness (QED) is 0.360. The average Bonchev–Trinajstić information content (AvgIpc) is 3.74. The maximum atomic E-state index is 12.5. The van der Waals surface area contributed by atoms with Crippen LogP contribution in [0, 0.1) is 5.92 Å². The molecular formula is C32H48N4O5S. The number of aromatic nitrogens is 2. The van der Waals surface area contributed by atoms with E-state index in [0.29, 0.717) is 5.75 Å². The molecule has 0 saturated heterocycles. The highest BCUT2D eigenvalue weighted by molar-refractivity contribution is 7.90. The Balaban J connectivity index is 0.000000257. The van der Waals surface area contributed by atoms with Crippen molar-refractivity contribution in [1.29, 1.82) is 0 Å². The summed E-state index contributed by atoms with van der Waals surface area (Å²) in [6.45, 7) is 17.2. The van der Waals surface area contributed by atoms with Gasteiger partial charge in [-0.05, 0) is 77.6 Å². The van der Waals surface area contributed by atoms with Gasteiger partial charge in [-0.3, -0.25) is 9.59 Å². The summed E-state index contributed by atoms with van der Waals surface area (Å²) in [5.74, 6) is 0.534. The Labute approximate surface area is 251 Å². The third-order valence-corrected chi connectivity index (χ3v) is 8.27. The highest BCUT2D eigenvalue weighted by Gasteiger charge is 2.35. The number of sulfonamides is 1. The minimum atomic E-state index is -2.94. The van der Waals surface area contributed by atoms with Gasteiger partial charge in [0.15, 0.2) is 5.75 Å². The van der Waals surface area contributed by atoms with Gasteiger partial charge in [0, 0.05) is 17.5 Å². The van der Waals surface area contributed by atoms with Crippen molar-refractivity contribution < 1.29 is 17.9 Å². The summed E-state index contributed by atoms with van der Waals surface area (Å²) < 4.78 is 31.6. The Kier molecular flexibility index (Phi) is 12.3. The average molecular weight is 601 g/mol. The Hall–Kier alpha value is -3.24. The molecule has 0 radical (unpaired) electrons. The molecule has 1 fully saturated rings. The van der Waals surface area contributed by atoms with Crippen molar-refractivity contribution in [3.63, 3.8) is 0 Å². The second kappa shape index (κ2) is 14.8. The van der Waals surface area contributed by atoms with Gasteiger partial charge in [-0.25, -0.2) is 17.8 Å². The number of amides is 1. The molecule has 1 saturated carbocycles. The number of carbonyl (C=O) groups is 1. The number of nitrogens with zero attached hydrogens (tertiary/aromatic N) is 2. The first-order valence-corrected chi connectivity index (χ1v) is 16.0. The van der Waals surface area contributed by atoms with Crippen molar-refractivity contribution in [2.45, 2.75) is 98.0 Å². The second-order valence-electron chi connectivity index (χ2n) is 12.4. The van der Waals surface area contributed by atoms with E-state index in [9.17, 15) is 18.0 Å². The van der Waals surface area contributed by atoms with Crippen LogP contribution in [-0.4, -0.2) is 48.0 Å². The number of rotatable bonds is 7. The van der Waals surface area contributed by atoms with Gasteiger partial charge in [0.2, 0.25) is 15.9 Å². The molecule has 1 aliphatic rings. The fourth-order valence-electron chi connectivity index (χ4n) is 3.98. The summed E-state index contributed by atoms with van der Waals surface area (Å²) in [5, 5.41) is 9.28. The molecule has 0 atom stereocenters. The molecule has 0 unspecified atom stereocenters. The number of benzene rings is 2. The predicted molar refractivity (Wildman–Crippen MR) is 171 cm³/mol. The molecule has 4 rings (SSSR count). The molecular weight excluding hydrogens is 552 g/mol. The van der Waals surface area contributed by atoms with Crippen LogP contribution in [0.3, 0.4) is 0 Å². The Bertz CT molecular complexity index is 1500. The molecule has 0 aliphatic heterocycles. The number of methoxy groups -OCH3 is 1. The number of carbonyl (C=O) groups excluding carboxylic acids is 1. The lowest BCUT2D eigenvalue weighted by Gasteiger charge is -2.21. The molecule has 10 heteroatoms. The summed E-state index contributed by atoms with van der Waals surface area (Å²) in [6, 6.07) is 14.1. The van der Waals surface area contributed by atoms with Crippen LogP contribution >= 0.6 is 0 Å². The summed E-state index contributed by atoms with van der Waals surface area (Å²) >= 11 is 0. The zero-order valence-corrected chi connectivity index (χ0v) is 27.5. The zero-order chi connectivity index (χ0) is 31.8. The fraction of sp³-hybridized carbons (Fsp3) is 0.531. The third-order valence-electron chi connectivity index (χ3n) is 6.12. The fourth-order valence-corrected chi connectivity index (χ4v) is 5.59. The van der Waals surface area contributed by atoms with Gasteiger partial charge >= 0.3 is 5.56 Å². The molecule has 42 heavy (non-hydrogen) atoms. The number of hydrogen-bond donors (Lipinski definition) is 2. The van der Waals surface area contributed by atoms with Crippen LogP contribution in [-0.2, 0) is 14.8 Å². The molecule has 1 amide bonds. The van der Waals surface area contributed by atoms with Crippen LogP contribution in [0.4, 0.5) is 0 Å². The first-order chi connectivity index (χ1) is 19.5. The molecule has 1 heterocycles. The van der Waals surface area contributed by atoms with E-state index in [2.05, 4.69) is 15.1 Å². The summed E-state index contributed by atoms with van der Waals surface area (Å²) in [7, 11) is -1.41. The first kappa shape index (κ1) is 35.0. The Morgan fingerprint density at radius 3 is 2.05 bits per heavy atom. The number of fused-ring (bicyclic) bond motifs is 1. The highest BCUT2D eigenvalue weighted by Crippen LogP contribution is 2.32. The third kappa shape index (κ3) is 10.2. The van der Waals surface area contributed by atoms with Gasteiger partial charge in [-0.15, -0.1) is 0 Å². The van der Waals surface area contributed by atoms with E-state index in [4.69, 9.17) is 4.74 Å². The van der Waals surface area contributed by atoms with Crippen molar-refractivity contribution in [2.75, 3.05) is 7.11 Å². The smallest absolute Gasteiger partial charge is 0.309 e. The summed E-state index contributed by atoms with van der Waals surface area (Å²) in [4.78, 5) is 23.6. The SMILES string of the molecule is CC(C)C(=O)NC(C)(C)C.CC(C)NS(=O)(=O)C1CC1.COc1c(-c2cccc3ccccc23)cnn(C(C)C)c1=O. The van der Waals surface area contributed by atoms with Gasteiger partial charge < -0.3 is 10.1 Å². The van der Waals surface area contributed by atoms with E-state index in [1.807, 2.05) is 105 Å². The Morgan fingerprint density at radius 2 is 1.57 bits per heavy atom. The van der Waals surface area contributed by atoms with Crippen molar-refractivity contribution in [1.82, 2.24) is 19.8 Å². The second-order valence-corrected chi connectivity index (χ2v) is 14.4. The van der Waals surface area contributed by atoms with E-state index in [0.717, 1.165) is 34.7 Å². The molecule has 3 aromatic rings. The van der Waals surface area contributed by atoms with E-state index < -0.39 is 10.0 Å². The normalized spacial score (nSPS) is 13.4. The molecule has 9 nitrogen and oxygen atoms in total.